The molecule has 1 N–H and O–H groups in total. The fraction of sp³-hybridized carbons (Fsp3) is 1.00. The van der Waals surface area contributed by atoms with E-state index in [0.717, 1.165) is 32.4 Å². The third kappa shape index (κ3) is 2.67. The third-order valence-corrected chi connectivity index (χ3v) is 3.75. The molecule has 88 valence electrons. The monoisotopic (exact) mass is 219 g/mol. The first-order valence-corrected chi connectivity index (χ1v) is 5.77. The number of aliphatic hydroxyl groups is 1. The highest BCUT2D eigenvalue weighted by Crippen LogP contribution is 2.46. The molecule has 0 aromatic carbocycles. The quantitative estimate of drug-likeness (QED) is 0.778. The van der Waals surface area contributed by atoms with E-state index in [1.54, 1.807) is 0 Å². The number of likely N-dealkylation sites (tertiary alicyclic amines) is 1. The summed E-state index contributed by atoms with van der Waals surface area (Å²) in [6.07, 6.45) is 1.45. The predicted octanol–water partition coefficient (Wildman–Crippen LogP) is 1.74. The van der Waals surface area contributed by atoms with Crippen LogP contribution in [0.15, 0.2) is 0 Å². The van der Waals surface area contributed by atoms with Gasteiger partial charge in [0, 0.05) is 31.0 Å². The highest BCUT2D eigenvalue weighted by molar-refractivity contribution is 4.95. The van der Waals surface area contributed by atoms with Crippen LogP contribution in [0.3, 0.4) is 0 Å². The fourth-order valence-electron chi connectivity index (χ4n) is 2.46. The zero-order chi connectivity index (χ0) is 10.9. The van der Waals surface area contributed by atoms with Crippen molar-refractivity contribution in [3.05, 3.63) is 0 Å². The van der Waals surface area contributed by atoms with Gasteiger partial charge in [0.05, 0.1) is 0 Å². The molecule has 1 unspecified atom stereocenters. The minimum Gasteiger partial charge on any atom is -0.396 e. The highest BCUT2D eigenvalue weighted by Gasteiger charge is 2.44. The maximum atomic E-state index is 12.5. The van der Waals surface area contributed by atoms with Gasteiger partial charge in [-0.25, -0.2) is 8.78 Å². The van der Waals surface area contributed by atoms with Gasteiger partial charge < -0.3 is 10.0 Å². The standard InChI is InChI=1S/C11H19F2NO/c12-10(13)9-2-1-5-14(6-9)7-11(8-15)3-4-11/h9-10,15H,1-8H2. The van der Waals surface area contributed by atoms with Crippen LogP contribution in [0, 0.1) is 11.3 Å². The molecule has 1 saturated heterocycles. The molecule has 0 spiro atoms. The van der Waals surface area contributed by atoms with Crippen LogP contribution in [-0.2, 0) is 0 Å². The van der Waals surface area contributed by atoms with E-state index in [2.05, 4.69) is 4.90 Å². The van der Waals surface area contributed by atoms with E-state index in [-0.39, 0.29) is 12.0 Å². The molecule has 1 aliphatic carbocycles. The molecular weight excluding hydrogens is 200 g/mol. The van der Waals surface area contributed by atoms with Crippen LogP contribution in [0.2, 0.25) is 0 Å². The van der Waals surface area contributed by atoms with Gasteiger partial charge in [-0.1, -0.05) is 0 Å². The number of piperidine rings is 1. The van der Waals surface area contributed by atoms with Crippen molar-refractivity contribution in [3.63, 3.8) is 0 Å². The number of aliphatic hydroxyl groups excluding tert-OH is 1. The average Bonchev–Trinajstić information content (AvgIpc) is 2.99. The summed E-state index contributed by atoms with van der Waals surface area (Å²) in [7, 11) is 0. The molecule has 15 heavy (non-hydrogen) atoms. The number of nitrogens with zero attached hydrogens (tertiary/aromatic N) is 1. The van der Waals surface area contributed by atoms with Crippen LogP contribution in [0.4, 0.5) is 8.78 Å². The summed E-state index contributed by atoms with van der Waals surface area (Å²) in [6.45, 7) is 2.46. The second kappa shape index (κ2) is 4.34. The summed E-state index contributed by atoms with van der Waals surface area (Å²) in [5, 5.41) is 9.19. The lowest BCUT2D eigenvalue weighted by Crippen LogP contribution is -2.41. The molecule has 1 heterocycles. The Hall–Kier alpha value is -0.220. The topological polar surface area (TPSA) is 23.5 Å². The summed E-state index contributed by atoms with van der Waals surface area (Å²) >= 11 is 0. The Balaban J connectivity index is 1.82. The van der Waals surface area contributed by atoms with Crippen molar-refractivity contribution in [2.75, 3.05) is 26.2 Å². The van der Waals surface area contributed by atoms with Gasteiger partial charge in [-0.3, -0.25) is 0 Å². The Kier molecular flexibility index (Phi) is 3.26. The molecule has 0 bridgehead atoms. The Morgan fingerprint density at radius 3 is 2.67 bits per heavy atom. The SMILES string of the molecule is OCC1(CN2CCCC(C(F)F)C2)CC1. The lowest BCUT2D eigenvalue weighted by Gasteiger charge is -2.34. The second-order valence-electron chi connectivity index (χ2n) is 5.13. The molecule has 1 aliphatic heterocycles. The Labute approximate surface area is 89.3 Å². The molecule has 0 aromatic rings. The predicted molar refractivity (Wildman–Crippen MR) is 53.9 cm³/mol. The molecule has 0 amide bonds. The Bertz CT molecular complexity index is 219. The largest absolute Gasteiger partial charge is 0.396 e. The molecule has 0 radical (unpaired) electrons. The number of hydrogen-bond donors (Lipinski definition) is 1. The van der Waals surface area contributed by atoms with E-state index < -0.39 is 12.3 Å². The fourth-order valence-corrected chi connectivity index (χ4v) is 2.46. The van der Waals surface area contributed by atoms with E-state index in [1.165, 1.54) is 0 Å². The number of halogens is 2. The highest BCUT2D eigenvalue weighted by atomic mass is 19.3. The van der Waals surface area contributed by atoms with Gasteiger partial charge in [-0.05, 0) is 32.2 Å². The molecule has 0 aromatic heterocycles. The molecule has 2 aliphatic rings. The molecule has 1 saturated carbocycles. The Morgan fingerprint density at radius 2 is 2.13 bits per heavy atom. The summed E-state index contributed by atoms with van der Waals surface area (Å²) in [5.74, 6) is -0.451. The zero-order valence-electron chi connectivity index (χ0n) is 8.96. The minimum absolute atomic E-state index is 0.0595. The van der Waals surface area contributed by atoms with E-state index >= 15 is 0 Å². The van der Waals surface area contributed by atoms with E-state index in [0.29, 0.717) is 13.0 Å². The van der Waals surface area contributed by atoms with Gasteiger partial charge in [0.25, 0.3) is 0 Å². The van der Waals surface area contributed by atoms with Crippen LogP contribution < -0.4 is 0 Å². The summed E-state index contributed by atoms with van der Waals surface area (Å²) in [4.78, 5) is 2.11. The number of rotatable bonds is 4. The van der Waals surface area contributed by atoms with Gasteiger partial charge >= 0.3 is 0 Å². The van der Waals surface area contributed by atoms with Gasteiger partial charge in [0.1, 0.15) is 0 Å². The van der Waals surface area contributed by atoms with Crippen LogP contribution in [-0.4, -0.2) is 42.7 Å². The summed E-state index contributed by atoms with van der Waals surface area (Å²) in [6, 6.07) is 0. The molecule has 2 rings (SSSR count). The lowest BCUT2D eigenvalue weighted by atomic mass is 9.97. The molecule has 1 atom stereocenters. The van der Waals surface area contributed by atoms with Gasteiger partial charge in [-0.15, -0.1) is 0 Å². The number of hydrogen-bond acceptors (Lipinski definition) is 2. The maximum Gasteiger partial charge on any atom is 0.242 e. The first-order valence-electron chi connectivity index (χ1n) is 5.77. The van der Waals surface area contributed by atoms with Crippen molar-refractivity contribution in [2.45, 2.75) is 32.1 Å². The van der Waals surface area contributed by atoms with E-state index in [1.807, 2.05) is 0 Å². The smallest absolute Gasteiger partial charge is 0.242 e. The second-order valence-corrected chi connectivity index (χ2v) is 5.13. The van der Waals surface area contributed by atoms with Gasteiger partial charge in [0.2, 0.25) is 6.43 Å². The van der Waals surface area contributed by atoms with E-state index in [9.17, 15) is 13.9 Å². The van der Waals surface area contributed by atoms with Crippen LogP contribution in [0.25, 0.3) is 0 Å². The maximum absolute atomic E-state index is 12.5. The number of alkyl halides is 2. The van der Waals surface area contributed by atoms with E-state index in [4.69, 9.17) is 0 Å². The first-order chi connectivity index (χ1) is 7.15. The average molecular weight is 219 g/mol. The van der Waals surface area contributed by atoms with Crippen LogP contribution in [0.1, 0.15) is 25.7 Å². The summed E-state index contributed by atoms with van der Waals surface area (Å²) in [5.41, 5.74) is 0.0595. The lowest BCUT2D eigenvalue weighted by molar-refractivity contribution is 0.0179. The molecule has 2 fully saturated rings. The van der Waals surface area contributed by atoms with Crippen LogP contribution >= 0.6 is 0 Å². The van der Waals surface area contributed by atoms with Crippen molar-refractivity contribution >= 4 is 0 Å². The van der Waals surface area contributed by atoms with Crippen molar-refractivity contribution in [1.82, 2.24) is 4.90 Å². The molecule has 4 heteroatoms. The molecule has 2 nitrogen and oxygen atoms in total. The minimum atomic E-state index is -2.18. The van der Waals surface area contributed by atoms with Crippen molar-refractivity contribution in [3.8, 4) is 0 Å². The van der Waals surface area contributed by atoms with Crippen LogP contribution in [0.5, 0.6) is 0 Å². The van der Waals surface area contributed by atoms with Crippen molar-refractivity contribution < 1.29 is 13.9 Å². The Morgan fingerprint density at radius 1 is 1.40 bits per heavy atom. The molecular formula is C11H19F2NO. The third-order valence-electron chi connectivity index (χ3n) is 3.75. The van der Waals surface area contributed by atoms with Gasteiger partial charge in [-0.2, -0.15) is 0 Å². The first kappa shape index (κ1) is 11.3. The van der Waals surface area contributed by atoms with Crippen molar-refractivity contribution in [1.29, 1.82) is 0 Å². The zero-order valence-corrected chi connectivity index (χ0v) is 8.96. The summed E-state index contributed by atoms with van der Waals surface area (Å²) < 4.78 is 25.1. The van der Waals surface area contributed by atoms with Gasteiger partial charge in [0.15, 0.2) is 0 Å². The van der Waals surface area contributed by atoms with Crippen molar-refractivity contribution in [2.24, 2.45) is 11.3 Å². The normalized spacial score (nSPS) is 30.8.